The van der Waals surface area contributed by atoms with Crippen LogP contribution in [-0.4, -0.2) is 20.7 Å². The maximum Gasteiger partial charge on any atom is 0.335 e. The molecule has 0 radical (unpaired) electrons. The monoisotopic (exact) mass is 297 g/mol. The van der Waals surface area contributed by atoms with Crippen molar-refractivity contribution in [1.29, 1.82) is 0 Å². The molecule has 1 heterocycles. The number of carbonyl (C=O) groups is 1. The number of carboxylic acids is 1. The van der Waals surface area contributed by atoms with Gasteiger partial charge in [0, 0.05) is 29.7 Å². The van der Waals surface area contributed by atoms with Crippen molar-refractivity contribution < 1.29 is 19.7 Å². The lowest BCUT2D eigenvalue weighted by Gasteiger charge is -2.07. The molecule has 0 saturated heterocycles. The van der Waals surface area contributed by atoms with Crippen molar-refractivity contribution in [3.63, 3.8) is 0 Å². The molecule has 1 aromatic heterocycles. The summed E-state index contributed by atoms with van der Waals surface area (Å²) in [6.07, 6.45) is 1.90. The minimum Gasteiger partial charge on any atom is -0.504 e. The molecular formula is C17H15NO4. The Morgan fingerprint density at radius 2 is 2.00 bits per heavy atom. The number of nitrogens with zero attached hydrogens (tertiary/aromatic N) is 1. The van der Waals surface area contributed by atoms with Crippen molar-refractivity contribution in [3.05, 3.63) is 59.8 Å². The summed E-state index contributed by atoms with van der Waals surface area (Å²) >= 11 is 0. The Morgan fingerprint density at radius 3 is 2.73 bits per heavy atom. The Morgan fingerprint density at radius 1 is 1.23 bits per heavy atom. The van der Waals surface area contributed by atoms with E-state index in [0.717, 1.165) is 16.5 Å². The largest absolute Gasteiger partial charge is 0.504 e. The van der Waals surface area contributed by atoms with Crippen molar-refractivity contribution in [2.45, 2.75) is 6.61 Å². The maximum atomic E-state index is 11.0. The summed E-state index contributed by atoms with van der Waals surface area (Å²) in [5.74, 6) is -0.437. The van der Waals surface area contributed by atoms with Gasteiger partial charge < -0.3 is 19.5 Å². The predicted octanol–water partition coefficient (Wildman–Crippen LogP) is 3.16. The zero-order valence-electron chi connectivity index (χ0n) is 12.0. The van der Waals surface area contributed by atoms with Crippen LogP contribution in [-0.2, 0) is 13.7 Å². The van der Waals surface area contributed by atoms with E-state index in [9.17, 15) is 9.90 Å². The third-order valence-electron chi connectivity index (χ3n) is 3.57. The molecule has 112 valence electrons. The van der Waals surface area contributed by atoms with Crippen LogP contribution in [0.4, 0.5) is 0 Å². The van der Waals surface area contributed by atoms with E-state index in [1.54, 1.807) is 42.5 Å². The molecule has 0 atom stereocenters. The molecule has 0 aliphatic heterocycles. The van der Waals surface area contributed by atoms with Gasteiger partial charge >= 0.3 is 5.97 Å². The molecular weight excluding hydrogens is 282 g/mol. The fourth-order valence-corrected chi connectivity index (χ4v) is 2.45. The summed E-state index contributed by atoms with van der Waals surface area (Å²) in [4.78, 5) is 11.0. The molecule has 0 unspecified atom stereocenters. The van der Waals surface area contributed by atoms with Crippen molar-refractivity contribution >= 4 is 16.9 Å². The third-order valence-corrected chi connectivity index (χ3v) is 3.57. The minimum atomic E-state index is -0.949. The molecule has 0 aliphatic rings. The smallest absolute Gasteiger partial charge is 0.335 e. The first-order valence-corrected chi connectivity index (χ1v) is 6.78. The highest BCUT2D eigenvalue weighted by atomic mass is 16.5. The number of fused-ring (bicyclic) bond motifs is 1. The SMILES string of the molecule is Cn1cc(COc2ccccc2O)c2ccc(C(=O)O)cc21. The highest BCUT2D eigenvalue weighted by Crippen LogP contribution is 2.27. The van der Waals surface area contributed by atoms with Gasteiger partial charge in [0.25, 0.3) is 0 Å². The lowest BCUT2D eigenvalue weighted by Crippen LogP contribution is -1.96. The van der Waals surface area contributed by atoms with E-state index in [2.05, 4.69) is 0 Å². The maximum absolute atomic E-state index is 11.0. The number of benzene rings is 2. The molecule has 0 fully saturated rings. The second kappa shape index (κ2) is 5.44. The van der Waals surface area contributed by atoms with Crippen LogP contribution in [0.1, 0.15) is 15.9 Å². The number of phenols is 1. The fraction of sp³-hybridized carbons (Fsp3) is 0.118. The number of hydrogen-bond acceptors (Lipinski definition) is 3. The summed E-state index contributed by atoms with van der Waals surface area (Å²) < 4.78 is 7.51. The summed E-state index contributed by atoms with van der Waals surface area (Å²) in [6, 6.07) is 11.8. The number of para-hydroxylation sites is 2. The second-order valence-corrected chi connectivity index (χ2v) is 5.06. The molecule has 0 bridgehead atoms. The van der Waals surface area contributed by atoms with Crippen molar-refractivity contribution in [2.75, 3.05) is 0 Å². The van der Waals surface area contributed by atoms with Crippen molar-refractivity contribution in [3.8, 4) is 11.5 Å². The normalized spacial score (nSPS) is 10.8. The summed E-state index contributed by atoms with van der Waals surface area (Å²) in [5.41, 5.74) is 2.01. The molecule has 22 heavy (non-hydrogen) atoms. The first kappa shape index (κ1) is 14.0. The van der Waals surface area contributed by atoms with Crippen molar-refractivity contribution in [2.24, 2.45) is 7.05 Å². The molecule has 3 aromatic rings. The van der Waals surface area contributed by atoms with Crippen LogP contribution >= 0.6 is 0 Å². The highest BCUT2D eigenvalue weighted by molar-refractivity contribution is 5.94. The number of carboxylic acid groups (broad SMARTS) is 1. The number of phenolic OH excluding ortho intramolecular Hbond substituents is 1. The number of aromatic nitrogens is 1. The summed E-state index contributed by atoms with van der Waals surface area (Å²) in [5, 5.41) is 19.7. The van der Waals surface area contributed by atoms with Gasteiger partial charge in [0.1, 0.15) is 6.61 Å². The summed E-state index contributed by atoms with van der Waals surface area (Å²) in [6.45, 7) is 0.293. The first-order valence-electron chi connectivity index (χ1n) is 6.78. The van der Waals surface area contributed by atoms with Crippen molar-refractivity contribution in [1.82, 2.24) is 4.57 Å². The molecule has 0 amide bonds. The van der Waals surface area contributed by atoms with Gasteiger partial charge in [0.05, 0.1) is 5.56 Å². The molecule has 0 aliphatic carbocycles. The van der Waals surface area contributed by atoms with Gasteiger partial charge in [0.15, 0.2) is 11.5 Å². The van der Waals surface area contributed by atoms with E-state index in [-0.39, 0.29) is 11.3 Å². The average Bonchev–Trinajstić information content (AvgIpc) is 2.82. The average molecular weight is 297 g/mol. The summed E-state index contributed by atoms with van der Waals surface area (Å²) in [7, 11) is 1.86. The van der Waals surface area contributed by atoms with E-state index in [0.29, 0.717) is 12.4 Å². The topological polar surface area (TPSA) is 71.7 Å². The Balaban J connectivity index is 1.92. The molecule has 5 nitrogen and oxygen atoms in total. The van der Waals surface area contributed by atoms with Gasteiger partial charge in [0.2, 0.25) is 0 Å². The van der Waals surface area contributed by atoms with Crippen LogP contribution in [0.2, 0.25) is 0 Å². The fourth-order valence-electron chi connectivity index (χ4n) is 2.45. The molecule has 2 aromatic carbocycles. The molecule has 2 N–H and O–H groups in total. The highest BCUT2D eigenvalue weighted by Gasteiger charge is 2.11. The third kappa shape index (κ3) is 2.48. The number of aryl methyl sites for hydroxylation is 1. The van der Waals surface area contributed by atoms with E-state index >= 15 is 0 Å². The zero-order valence-corrected chi connectivity index (χ0v) is 12.0. The number of aromatic hydroxyl groups is 1. The first-order chi connectivity index (χ1) is 10.6. The Bertz CT molecular complexity index is 851. The Labute approximate surface area is 127 Å². The van der Waals surface area contributed by atoms with Gasteiger partial charge in [-0.25, -0.2) is 4.79 Å². The van der Waals surface area contributed by atoms with Gasteiger partial charge in [-0.3, -0.25) is 0 Å². The van der Waals surface area contributed by atoms with E-state index in [1.807, 2.05) is 17.8 Å². The zero-order chi connectivity index (χ0) is 15.7. The van der Waals surface area contributed by atoms with Gasteiger partial charge in [-0.05, 0) is 24.3 Å². The van der Waals surface area contributed by atoms with Crippen LogP contribution < -0.4 is 4.74 Å². The van der Waals surface area contributed by atoms with Crippen LogP contribution in [0.25, 0.3) is 10.9 Å². The molecule has 0 spiro atoms. The Kier molecular flexibility index (Phi) is 3.47. The Hall–Kier alpha value is -2.95. The van der Waals surface area contributed by atoms with E-state index in [1.165, 1.54) is 0 Å². The van der Waals surface area contributed by atoms with E-state index < -0.39 is 5.97 Å². The standard InChI is InChI=1S/C17H15NO4/c1-18-9-12(10-22-16-5-3-2-4-15(16)19)13-7-6-11(17(20)21)8-14(13)18/h2-9,19H,10H2,1H3,(H,20,21). The lowest BCUT2D eigenvalue weighted by atomic mass is 10.1. The van der Waals surface area contributed by atoms with Gasteiger partial charge in [-0.2, -0.15) is 0 Å². The molecule has 3 rings (SSSR count). The van der Waals surface area contributed by atoms with Crippen LogP contribution in [0.15, 0.2) is 48.7 Å². The number of ether oxygens (including phenoxy) is 1. The van der Waals surface area contributed by atoms with Gasteiger partial charge in [-0.15, -0.1) is 0 Å². The quantitative estimate of drug-likeness (QED) is 0.776. The van der Waals surface area contributed by atoms with Crippen LogP contribution in [0.3, 0.4) is 0 Å². The minimum absolute atomic E-state index is 0.0934. The molecule has 0 saturated carbocycles. The number of hydrogen-bond donors (Lipinski definition) is 2. The number of aromatic carboxylic acids is 1. The molecule has 5 heteroatoms. The number of rotatable bonds is 4. The van der Waals surface area contributed by atoms with Gasteiger partial charge in [-0.1, -0.05) is 18.2 Å². The van der Waals surface area contributed by atoms with Crippen LogP contribution in [0.5, 0.6) is 11.5 Å². The van der Waals surface area contributed by atoms with E-state index in [4.69, 9.17) is 9.84 Å². The predicted molar refractivity (Wildman–Crippen MR) is 82.3 cm³/mol. The lowest BCUT2D eigenvalue weighted by molar-refractivity contribution is 0.0697. The second-order valence-electron chi connectivity index (χ2n) is 5.06. The van der Waals surface area contributed by atoms with Crippen LogP contribution in [0, 0.1) is 0 Å².